The van der Waals surface area contributed by atoms with Gasteiger partial charge in [-0.3, -0.25) is 0 Å². The summed E-state index contributed by atoms with van der Waals surface area (Å²) >= 11 is 11.7. The number of fused-ring (bicyclic) bond motifs is 1. The molecule has 0 saturated heterocycles. The molecular formula is C9H7Cl2N3. The van der Waals surface area contributed by atoms with Crippen molar-refractivity contribution < 1.29 is 0 Å². The van der Waals surface area contributed by atoms with Crippen molar-refractivity contribution in [1.82, 2.24) is 9.97 Å². The lowest BCUT2D eigenvalue weighted by atomic mass is 10.3. The van der Waals surface area contributed by atoms with E-state index in [1.54, 1.807) is 19.1 Å². The molecule has 0 amide bonds. The van der Waals surface area contributed by atoms with E-state index in [0.717, 1.165) is 0 Å². The second-order valence-electron chi connectivity index (χ2n) is 2.95. The van der Waals surface area contributed by atoms with Crippen molar-refractivity contribution in [2.45, 2.75) is 6.92 Å². The van der Waals surface area contributed by atoms with Gasteiger partial charge in [0.1, 0.15) is 5.82 Å². The summed E-state index contributed by atoms with van der Waals surface area (Å²) in [5.74, 6) is 0.413. The normalized spacial score (nSPS) is 10.8. The van der Waals surface area contributed by atoms with Crippen LogP contribution in [0.4, 0.5) is 5.82 Å². The highest BCUT2D eigenvalue weighted by atomic mass is 35.5. The predicted octanol–water partition coefficient (Wildman–Crippen LogP) is 2.83. The summed E-state index contributed by atoms with van der Waals surface area (Å²) in [4.78, 5) is 8.40. The van der Waals surface area contributed by atoms with Crippen LogP contribution in [0.5, 0.6) is 0 Å². The molecule has 14 heavy (non-hydrogen) atoms. The summed E-state index contributed by atoms with van der Waals surface area (Å²) in [6.07, 6.45) is 0. The van der Waals surface area contributed by atoms with Crippen LogP contribution in [0.25, 0.3) is 11.0 Å². The molecule has 1 aromatic heterocycles. The SMILES string of the molecule is Cc1nc2cc(Cl)c(Cl)cc2nc1N. The number of hydrogen-bond donors (Lipinski definition) is 1. The van der Waals surface area contributed by atoms with Gasteiger partial charge in [-0.2, -0.15) is 0 Å². The maximum absolute atomic E-state index is 5.85. The Hall–Kier alpha value is -1.06. The molecule has 0 aliphatic carbocycles. The summed E-state index contributed by atoms with van der Waals surface area (Å²) in [7, 11) is 0. The molecule has 5 heteroatoms. The maximum Gasteiger partial charge on any atom is 0.145 e. The monoisotopic (exact) mass is 227 g/mol. The molecule has 1 heterocycles. The van der Waals surface area contributed by atoms with Crippen LogP contribution in [-0.2, 0) is 0 Å². The van der Waals surface area contributed by atoms with Gasteiger partial charge in [0.05, 0.1) is 26.8 Å². The summed E-state index contributed by atoms with van der Waals surface area (Å²) in [6, 6.07) is 3.33. The first-order valence-electron chi connectivity index (χ1n) is 3.97. The zero-order valence-corrected chi connectivity index (χ0v) is 8.89. The lowest BCUT2D eigenvalue weighted by Gasteiger charge is -2.03. The molecule has 0 radical (unpaired) electrons. The number of hydrogen-bond acceptors (Lipinski definition) is 3. The molecule has 1 aromatic carbocycles. The first-order chi connectivity index (χ1) is 6.58. The molecular weight excluding hydrogens is 221 g/mol. The van der Waals surface area contributed by atoms with Crippen LogP contribution in [0, 0.1) is 6.92 Å². The Morgan fingerprint density at radius 2 is 1.57 bits per heavy atom. The van der Waals surface area contributed by atoms with E-state index in [4.69, 9.17) is 28.9 Å². The van der Waals surface area contributed by atoms with E-state index < -0.39 is 0 Å². The highest BCUT2D eigenvalue weighted by molar-refractivity contribution is 6.42. The molecule has 0 fully saturated rings. The Balaban J connectivity index is 2.83. The van der Waals surface area contributed by atoms with Crippen LogP contribution in [0.15, 0.2) is 12.1 Å². The average molecular weight is 228 g/mol. The van der Waals surface area contributed by atoms with Crippen molar-refractivity contribution in [3.05, 3.63) is 27.9 Å². The van der Waals surface area contributed by atoms with Gasteiger partial charge in [-0.1, -0.05) is 23.2 Å². The van der Waals surface area contributed by atoms with Crippen molar-refractivity contribution >= 4 is 40.1 Å². The standard InChI is InChI=1S/C9H7Cl2N3/c1-4-9(12)14-8-3-6(11)5(10)2-7(8)13-4/h2-3H,1H3,(H2,12,14). The smallest absolute Gasteiger partial charge is 0.145 e. The van der Waals surface area contributed by atoms with Gasteiger partial charge >= 0.3 is 0 Å². The number of rotatable bonds is 0. The molecule has 0 unspecified atom stereocenters. The minimum Gasteiger partial charge on any atom is -0.382 e. The molecule has 0 bridgehead atoms. The molecule has 72 valence electrons. The van der Waals surface area contributed by atoms with E-state index in [0.29, 0.717) is 32.6 Å². The van der Waals surface area contributed by atoms with Crippen LogP contribution in [0.3, 0.4) is 0 Å². The largest absolute Gasteiger partial charge is 0.382 e. The van der Waals surface area contributed by atoms with Gasteiger partial charge in [-0.15, -0.1) is 0 Å². The Morgan fingerprint density at radius 1 is 1.07 bits per heavy atom. The Bertz CT molecular complexity index is 422. The van der Waals surface area contributed by atoms with Crippen LogP contribution < -0.4 is 5.73 Å². The fourth-order valence-electron chi connectivity index (χ4n) is 1.15. The van der Waals surface area contributed by atoms with Gasteiger partial charge < -0.3 is 5.73 Å². The third-order valence-electron chi connectivity index (χ3n) is 1.92. The number of halogens is 2. The Morgan fingerprint density at radius 3 is 2.14 bits per heavy atom. The maximum atomic E-state index is 5.85. The molecule has 0 saturated carbocycles. The predicted molar refractivity (Wildman–Crippen MR) is 58.7 cm³/mol. The van der Waals surface area contributed by atoms with E-state index in [1.165, 1.54) is 0 Å². The minimum absolute atomic E-state index is 0.413. The van der Waals surface area contributed by atoms with Crippen LogP contribution >= 0.6 is 23.2 Å². The highest BCUT2D eigenvalue weighted by Gasteiger charge is 2.05. The second-order valence-corrected chi connectivity index (χ2v) is 3.76. The first-order valence-corrected chi connectivity index (χ1v) is 4.72. The van der Waals surface area contributed by atoms with Crippen molar-refractivity contribution in [1.29, 1.82) is 0 Å². The van der Waals surface area contributed by atoms with Gasteiger partial charge in [0.25, 0.3) is 0 Å². The fourth-order valence-corrected chi connectivity index (χ4v) is 1.47. The molecule has 2 N–H and O–H groups in total. The third kappa shape index (κ3) is 1.49. The number of aromatic nitrogens is 2. The molecule has 3 nitrogen and oxygen atoms in total. The van der Waals surface area contributed by atoms with Crippen LogP contribution in [-0.4, -0.2) is 9.97 Å². The average Bonchev–Trinajstić information content (AvgIpc) is 2.11. The van der Waals surface area contributed by atoms with Crippen LogP contribution in [0.1, 0.15) is 5.69 Å². The summed E-state index contributed by atoms with van der Waals surface area (Å²) < 4.78 is 0. The third-order valence-corrected chi connectivity index (χ3v) is 2.64. The van der Waals surface area contributed by atoms with Crippen molar-refractivity contribution in [3.8, 4) is 0 Å². The number of nitrogens with two attached hydrogens (primary N) is 1. The Kier molecular flexibility index (Phi) is 2.21. The van der Waals surface area contributed by atoms with Crippen molar-refractivity contribution in [2.75, 3.05) is 5.73 Å². The van der Waals surface area contributed by atoms with E-state index in [9.17, 15) is 0 Å². The molecule has 0 spiro atoms. The zero-order chi connectivity index (χ0) is 10.3. The molecule has 2 rings (SSSR count). The second kappa shape index (κ2) is 3.26. The van der Waals surface area contributed by atoms with Gasteiger partial charge in [0, 0.05) is 0 Å². The molecule has 0 atom stereocenters. The summed E-state index contributed by atoms with van der Waals surface area (Å²) in [6.45, 7) is 1.80. The lowest BCUT2D eigenvalue weighted by Crippen LogP contribution is -1.97. The minimum atomic E-state index is 0.413. The van der Waals surface area contributed by atoms with Crippen LogP contribution in [0.2, 0.25) is 10.0 Å². The van der Waals surface area contributed by atoms with Crippen molar-refractivity contribution in [2.24, 2.45) is 0 Å². The fraction of sp³-hybridized carbons (Fsp3) is 0.111. The number of aryl methyl sites for hydroxylation is 1. The van der Waals surface area contributed by atoms with Crippen molar-refractivity contribution in [3.63, 3.8) is 0 Å². The van der Waals surface area contributed by atoms with E-state index in [-0.39, 0.29) is 0 Å². The van der Waals surface area contributed by atoms with Gasteiger partial charge in [-0.05, 0) is 19.1 Å². The van der Waals surface area contributed by atoms with E-state index >= 15 is 0 Å². The van der Waals surface area contributed by atoms with Gasteiger partial charge in [0.2, 0.25) is 0 Å². The topological polar surface area (TPSA) is 51.8 Å². The number of nitrogen functional groups attached to an aromatic ring is 1. The Labute approximate surface area is 90.9 Å². The number of nitrogens with zero attached hydrogens (tertiary/aromatic N) is 2. The molecule has 2 aromatic rings. The number of anilines is 1. The summed E-state index contributed by atoms with van der Waals surface area (Å²) in [5.41, 5.74) is 7.67. The quantitative estimate of drug-likeness (QED) is 0.754. The first kappa shape index (κ1) is 9.49. The molecule has 0 aliphatic heterocycles. The van der Waals surface area contributed by atoms with Gasteiger partial charge in [-0.25, -0.2) is 9.97 Å². The summed E-state index contributed by atoms with van der Waals surface area (Å²) in [5, 5.41) is 0.925. The molecule has 0 aliphatic rings. The van der Waals surface area contributed by atoms with Gasteiger partial charge in [0.15, 0.2) is 0 Å². The zero-order valence-electron chi connectivity index (χ0n) is 7.38. The van der Waals surface area contributed by atoms with E-state index in [2.05, 4.69) is 9.97 Å². The lowest BCUT2D eigenvalue weighted by molar-refractivity contribution is 1.20. The van der Waals surface area contributed by atoms with E-state index in [1.807, 2.05) is 0 Å². The number of benzene rings is 1. The highest BCUT2D eigenvalue weighted by Crippen LogP contribution is 2.26.